The maximum Gasteiger partial charge on any atom is 0.240 e. The topological polar surface area (TPSA) is 65.5 Å². The Bertz CT molecular complexity index is 846. The molecule has 140 valence electrons. The van der Waals surface area contributed by atoms with Crippen molar-refractivity contribution >= 4 is 34.9 Å². The maximum absolute atomic E-state index is 13.0. The molecule has 1 aromatic carbocycles. The molecule has 1 aliphatic carbocycles. The van der Waals surface area contributed by atoms with Crippen LogP contribution in [0.15, 0.2) is 48.7 Å². The number of benzene rings is 1. The van der Waals surface area contributed by atoms with Crippen LogP contribution in [0.5, 0.6) is 0 Å². The van der Waals surface area contributed by atoms with Gasteiger partial charge in [-0.15, -0.1) is 0 Å². The number of nitrogens with one attached hydrogen (secondary N) is 1. The average molecular weight is 385 g/mol. The van der Waals surface area contributed by atoms with Crippen LogP contribution in [0, 0.1) is 5.41 Å². The van der Waals surface area contributed by atoms with E-state index in [-0.39, 0.29) is 11.8 Å². The van der Waals surface area contributed by atoms with Crippen LogP contribution in [0.25, 0.3) is 0 Å². The van der Waals surface area contributed by atoms with Crippen LogP contribution in [0.3, 0.4) is 0 Å². The first-order chi connectivity index (χ1) is 13.1. The first-order valence-electron chi connectivity index (χ1n) is 9.11. The summed E-state index contributed by atoms with van der Waals surface area (Å²) >= 11 is 6.12. The second-order valence-corrected chi connectivity index (χ2v) is 7.39. The van der Waals surface area contributed by atoms with Gasteiger partial charge in [-0.25, -0.2) is 4.98 Å². The minimum Gasteiger partial charge on any atom is -0.353 e. The van der Waals surface area contributed by atoms with Crippen LogP contribution in [0.4, 0.5) is 11.5 Å². The summed E-state index contributed by atoms with van der Waals surface area (Å²) in [5.41, 5.74) is -0.394. The summed E-state index contributed by atoms with van der Waals surface area (Å²) in [6.45, 7) is 2.61. The van der Waals surface area contributed by atoms with Crippen molar-refractivity contribution in [3.05, 3.63) is 53.7 Å². The van der Waals surface area contributed by atoms with Crippen molar-refractivity contribution in [3.63, 3.8) is 0 Å². The lowest BCUT2D eigenvalue weighted by molar-refractivity contribution is -0.142. The van der Waals surface area contributed by atoms with Gasteiger partial charge in [0.15, 0.2) is 0 Å². The molecular weight excluding hydrogens is 364 g/mol. The zero-order valence-electron chi connectivity index (χ0n) is 14.9. The molecule has 2 heterocycles. The van der Waals surface area contributed by atoms with E-state index in [9.17, 15) is 9.59 Å². The van der Waals surface area contributed by atoms with E-state index in [0.717, 1.165) is 5.82 Å². The standard InChI is InChI=1S/C20H21ClN4O2/c21-15-5-1-2-6-16(15)23-18(26)20(8-9-20)19(27)25-13-11-24(12-14-25)17-7-3-4-10-22-17/h1-7,10H,8-9,11-14H2,(H,23,26). The van der Waals surface area contributed by atoms with Gasteiger partial charge in [0.1, 0.15) is 11.2 Å². The number of anilines is 2. The van der Waals surface area contributed by atoms with Gasteiger partial charge in [-0.3, -0.25) is 9.59 Å². The first-order valence-corrected chi connectivity index (χ1v) is 9.49. The Morgan fingerprint density at radius 2 is 1.70 bits per heavy atom. The number of hydrogen-bond acceptors (Lipinski definition) is 4. The molecule has 0 bridgehead atoms. The normalized spacial score (nSPS) is 18.1. The fraction of sp³-hybridized carbons (Fsp3) is 0.350. The van der Waals surface area contributed by atoms with Gasteiger partial charge >= 0.3 is 0 Å². The zero-order chi connectivity index (χ0) is 18.9. The van der Waals surface area contributed by atoms with Crippen LogP contribution in [0.1, 0.15) is 12.8 Å². The molecule has 2 aliphatic rings. The molecule has 27 heavy (non-hydrogen) atoms. The quantitative estimate of drug-likeness (QED) is 0.823. The molecule has 2 fully saturated rings. The van der Waals surface area contributed by atoms with Gasteiger partial charge in [-0.1, -0.05) is 29.8 Å². The highest BCUT2D eigenvalue weighted by Crippen LogP contribution is 2.48. The molecule has 1 saturated carbocycles. The average Bonchev–Trinajstić information content (AvgIpc) is 3.52. The molecule has 7 heteroatoms. The van der Waals surface area contributed by atoms with Crippen molar-refractivity contribution in [3.8, 4) is 0 Å². The van der Waals surface area contributed by atoms with E-state index in [1.54, 1.807) is 35.4 Å². The summed E-state index contributed by atoms with van der Waals surface area (Å²) in [4.78, 5) is 34.1. The summed E-state index contributed by atoms with van der Waals surface area (Å²) in [5.74, 6) is 0.586. The van der Waals surface area contributed by atoms with Crippen LogP contribution >= 0.6 is 11.6 Å². The number of pyridine rings is 1. The van der Waals surface area contributed by atoms with E-state index in [0.29, 0.717) is 49.7 Å². The summed E-state index contributed by atoms with van der Waals surface area (Å²) in [5, 5.41) is 3.30. The Hall–Kier alpha value is -2.60. The van der Waals surface area contributed by atoms with Gasteiger partial charge < -0.3 is 15.1 Å². The van der Waals surface area contributed by atoms with Crippen LogP contribution in [0.2, 0.25) is 5.02 Å². The number of amides is 2. The molecule has 1 N–H and O–H groups in total. The third-order valence-electron chi connectivity index (χ3n) is 5.26. The van der Waals surface area contributed by atoms with Crippen molar-refractivity contribution in [1.82, 2.24) is 9.88 Å². The molecule has 0 radical (unpaired) electrons. The van der Waals surface area contributed by atoms with Gasteiger partial charge in [0.25, 0.3) is 0 Å². The largest absolute Gasteiger partial charge is 0.353 e. The van der Waals surface area contributed by atoms with E-state index in [1.807, 2.05) is 18.2 Å². The summed E-state index contributed by atoms with van der Waals surface area (Å²) in [6, 6.07) is 12.9. The third kappa shape index (κ3) is 3.49. The van der Waals surface area contributed by atoms with Crippen molar-refractivity contribution < 1.29 is 9.59 Å². The zero-order valence-corrected chi connectivity index (χ0v) is 15.7. The highest BCUT2D eigenvalue weighted by molar-refractivity contribution is 6.34. The number of carbonyl (C=O) groups is 2. The molecule has 0 unspecified atom stereocenters. The Balaban J connectivity index is 1.39. The molecule has 0 spiro atoms. The third-order valence-corrected chi connectivity index (χ3v) is 5.59. The number of piperazine rings is 1. The minimum absolute atomic E-state index is 0.0762. The molecule has 6 nitrogen and oxygen atoms in total. The lowest BCUT2D eigenvalue weighted by atomic mass is 10.0. The number of nitrogens with zero attached hydrogens (tertiary/aromatic N) is 3. The second-order valence-electron chi connectivity index (χ2n) is 6.98. The molecule has 2 aromatic rings. The molecular formula is C20H21ClN4O2. The van der Waals surface area contributed by atoms with Crippen molar-refractivity contribution in [2.45, 2.75) is 12.8 Å². The van der Waals surface area contributed by atoms with Crippen LogP contribution < -0.4 is 10.2 Å². The highest BCUT2D eigenvalue weighted by atomic mass is 35.5. The Labute approximate surface area is 163 Å². The smallest absolute Gasteiger partial charge is 0.240 e. The highest BCUT2D eigenvalue weighted by Gasteiger charge is 2.58. The Morgan fingerprint density at radius 3 is 2.33 bits per heavy atom. The number of carbonyl (C=O) groups excluding carboxylic acids is 2. The van der Waals surface area contributed by atoms with E-state index >= 15 is 0 Å². The second kappa shape index (κ2) is 7.19. The summed E-state index contributed by atoms with van der Waals surface area (Å²) < 4.78 is 0. The van der Waals surface area contributed by atoms with Crippen molar-refractivity contribution in [2.24, 2.45) is 5.41 Å². The SMILES string of the molecule is O=C(Nc1ccccc1Cl)C1(C(=O)N2CCN(c3ccccn3)CC2)CC1. The Morgan fingerprint density at radius 1 is 1.00 bits per heavy atom. The van der Waals surface area contributed by atoms with E-state index in [1.165, 1.54) is 0 Å². The Kier molecular flexibility index (Phi) is 4.74. The summed E-state index contributed by atoms with van der Waals surface area (Å²) in [6.07, 6.45) is 2.94. The lowest BCUT2D eigenvalue weighted by Crippen LogP contribution is -2.52. The van der Waals surface area contributed by atoms with Gasteiger partial charge in [-0.2, -0.15) is 0 Å². The number of aromatic nitrogens is 1. The van der Waals surface area contributed by atoms with E-state index in [2.05, 4.69) is 15.2 Å². The van der Waals surface area contributed by atoms with Gasteiger partial charge in [0.2, 0.25) is 11.8 Å². The van der Waals surface area contributed by atoms with Gasteiger partial charge in [-0.05, 0) is 37.1 Å². The minimum atomic E-state index is -0.938. The van der Waals surface area contributed by atoms with Crippen molar-refractivity contribution in [2.75, 3.05) is 36.4 Å². The molecule has 1 aromatic heterocycles. The van der Waals surface area contributed by atoms with Gasteiger partial charge in [0.05, 0.1) is 10.7 Å². The predicted octanol–water partition coefficient (Wildman–Crippen LogP) is 2.80. The number of rotatable bonds is 4. The molecule has 0 atom stereocenters. The molecule has 4 rings (SSSR count). The number of hydrogen-bond donors (Lipinski definition) is 1. The van der Waals surface area contributed by atoms with Crippen LogP contribution in [-0.4, -0.2) is 47.9 Å². The maximum atomic E-state index is 13.0. The van der Waals surface area contributed by atoms with Gasteiger partial charge in [0, 0.05) is 32.4 Å². The fourth-order valence-electron chi connectivity index (χ4n) is 3.45. The number of halogens is 1. The lowest BCUT2D eigenvalue weighted by Gasteiger charge is -2.36. The fourth-order valence-corrected chi connectivity index (χ4v) is 3.63. The first kappa shape index (κ1) is 17.8. The summed E-state index contributed by atoms with van der Waals surface area (Å²) in [7, 11) is 0. The van der Waals surface area contributed by atoms with Crippen LogP contribution in [-0.2, 0) is 9.59 Å². The molecule has 1 saturated heterocycles. The molecule has 2 amide bonds. The number of para-hydroxylation sites is 1. The van der Waals surface area contributed by atoms with Crippen molar-refractivity contribution in [1.29, 1.82) is 0 Å². The predicted molar refractivity (Wildman–Crippen MR) is 105 cm³/mol. The molecule has 1 aliphatic heterocycles. The van der Waals surface area contributed by atoms with E-state index in [4.69, 9.17) is 11.6 Å². The van der Waals surface area contributed by atoms with E-state index < -0.39 is 5.41 Å². The monoisotopic (exact) mass is 384 g/mol.